The van der Waals surface area contributed by atoms with E-state index in [1.165, 1.54) is 0 Å². The van der Waals surface area contributed by atoms with Crippen molar-refractivity contribution >= 4 is 25.1 Å². The molecule has 0 aliphatic carbocycles. The van der Waals surface area contributed by atoms with Crippen molar-refractivity contribution in [1.82, 2.24) is 4.90 Å². The normalized spacial score (nSPS) is 16.1. The molecule has 0 N–H and O–H groups in total. The highest BCUT2D eigenvalue weighted by Gasteiger charge is 2.25. The van der Waals surface area contributed by atoms with Crippen LogP contribution in [0.2, 0.25) is 0 Å². The second-order valence-electron chi connectivity index (χ2n) is 6.05. The number of nitrogens with zero attached hydrogens (tertiary/aromatic N) is 2. The van der Waals surface area contributed by atoms with Crippen molar-refractivity contribution in [2.24, 2.45) is 0 Å². The predicted molar refractivity (Wildman–Crippen MR) is 81.9 cm³/mol. The molecule has 2 rings (SSSR count). The van der Waals surface area contributed by atoms with Crippen LogP contribution in [-0.2, 0) is 4.74 Å². The van der Waals surface area contributed by atoms with E-state index >= 15 is 0 Å². The number of carbonyl (C=O) groups excluding carboxylic acids is 1. The van der Waals surface area contributed by atoms with Gasteiger partial charge in [-0.1, -0.05) is 17.6 Å². The molecular formula is C15H21BN2O2. The van der Waals surface area contributed by atoms with E-state index in [-0.39, 0.29) is 6.09 Å². The molecule has 4 nitrogen and oxygen atoms in total. The van der Waals surface area contributed by atoms with Crippen LogP contribution in [-0.4, -0.2) is 50.6 Å². The van der Waals surface area contributed by atoms with Crippen LogP contribution < -0.4 is 10.4 Å². The average molecular weight is 272 g/mol. The van der Waals surface area contributed by atoms with E-state index in [1.54, 1.807) is 4.90 Å². The Balaban J connectivity index is 1.91. The van der Waals surface area contributed by atoms with Crippen LogP contribution >= 0.6 is 0 Å². The summed E-state index contributed by atoms with van der Waals surface area (Å²) in [5.41, 5.74) is 1.42. The zero-order chi connectivity index (χ0) is 14.8. The molecule has 0 atom stereocenters. The van der Waals surface area contributed by atoms with Crippen LogP contribution in [0.4, 0.5) is 10.5 Å². The number of benzene rings is 1. The number of rotatable bonds is 1. The molecule has 0 saturated carbocycles. The van der Waals surface area contributed by atoms with Gasteiger partial charge in [-0.25, -0.2) is 4.79 Å². The van der Waals surface area contributed by atoms with E-state index in [0.29, 0.717) is 13.1 Å². The Morgan fingerprint density at radius 3 is 2.40 bits per heavy atom. The maximum atomic E-state index is 12.0. The Bertz CT molecular complexity index is 477. The van der Waals surface area contributed by atoms with E-state index < -0.39 is 5.60 Å². The summed E-state index contributed by atoms with van der Waals surface area (Å²) in [5, 5.41) is 0. The summed E-state index contributed by atoms with van der Waals surface area (Å²) < 4.78 is 5.39. The van der Waals surface area contributed by atoms with Gasteiger partial charge in [0.25, 0.3) is 0 Å². The molecule has 0 spiro atoms. The summed E-state index contributed by atoms with van der Waals surface area (Å²) in [6.07, 6.45) is -0.232. The van der Waals surface area contributed by atoms with Crippen LogP contribution in [0.3, 0.4) is 0 Å². The highest BCUT2D eigenvalue weighted by molar-refractivity contribution is 6.32. The molecule has 1 aromatic carbocycles. The minimum Gasteiger partial charge on any atom is -0.444 e. The van der Waals surface area contributed by atoms with Crippen molar-refractivity contribution in [3.05, 3.63) is 24.3 Å². The number of hydrogen-bond acceptors (Lipinski definition) is 3. The first-order valence-corrected chi connectivity index (χ1v) is 6.93. The van der Waals surface area contributed by atoms with Crippen molar-refractivity contribution in [2.45, 2.75) is 26.4 Å². The van der Waals surface area contributed by atoms with E-state index in [9.17, 15) is 4.79 Å². The molecule has 1 aromatic rings. The van der Waals surface area contributed by atoms with Gasteiger partial charge in [0.1, 0.15) is 13.4 Å². The zero-order valence-corrected chi connectivity index (χ0v) is 12.4. The van der Waals surface area contributed by atoms with E-state index in [0.717, 1.165) is 24.2 Å². The highest BCUT2D eigenvalue weighted by Crippen LogP contribution is 2.16. The molecule has 0 unspecified atom stereocenters. The standard InChI is InChI=1S/C15H21BN2O2/c1-15(2,3)20-14(19)18-9-7-17(8-10-18)13-6-4-5-12(16)11-13/h4-6,11H,7-10H2,1-3H3. The topological polar surface area (TPSA) is 32.8 Å². The third-order valence-electron chi connectivity index (χ3n) is 3.17. The summed E-state index contributed by atoms with van der Waals surface area (Å²) in [7, 11) is 5.80. The van der Waals surface area contributed by atoms with Crippen LogP contribution in [0.5, 0.6) is 0 Å². The minimum atomic E-state index is -0.442. The number of hydrogen-bond donors (Lipinski definition) is 0. The van der Waals surface area contributed by atoms with Crippen LogP contribution in [0.15, 0.2) is 24.3 Å². The molecule has 20 heavy (non-hydrogen) atoms. The van der Waals surface area contributed by atoms with E-state index in [4.69, 9.17) is 12.6 Å². The summed E-state index contributed by atoms with van der Waals surface area (Å²) in [4.78, 5) is 16.0. The monoisotopic (exact) mass is 272 g/mol. The summed E-state index contributed by atoms with van der Waals surface area (Å²) in [6.45, 7) is 8.58. The largest absolute Gasteiger partial charge is 0.444 e. The molecule has 1 aliphatic rings. The SMILES string of the molecule is [B]c1cccc(N2CCN(C(=O)OC(C)(C)C)CC2)c1. The van der Waals surface area contributed by atoms with Crippen molar-refractivity contribution in [3.63, 3.8) is 0 Å². The summed E-state index contributed by atoms with van der Waals surface area (Å²) in [5.74, 6) is 0. The molecular weight excluding hydrogens is 251 g/mol. The Morgan fingerprint density at radius 1 is 1.20 bits per heavy atom. The second-order valence-corrected chi connectivity index (χ2v) is 6.05. The Labute approximate surface area is 122 Å². The van der Waals surface area contributed by atoms with Gasteiger partial charge < -0.3 is 14.5 Å². The molecule has 1 aliphatic heterocycles. The molecule has 1 saturated heterocycles. The van der Waals surface area contributed by atoms with Crippen LogP contribution in [0.25, 0.3) is 0 Å². The molecule has 0 bridgehead atoms. The summed E-state index contributed by atoms with van der Waals surface area (Å²) >= 11 is 0. The quantitative estimate of drug-likeness (QED) is 0.727. The maximum Gasteiger partial charge on any atom is 0.410 e. The Morgan fingerprint density at radius 2 is 1.85 bits per heavy atom. The zero-order valence-electron chi connectivity index (χ0n) is 12.4. The molecule has 106 valence electrons. The first-order chi connectivity index (χ1) is 9.35. The lowest BCUT2D eigenvalue weighted by Gasteiger charge is -2.36. The molecule has 1 heterocycles. The van der Waals surface area contributed by atoms with Crippen molar-refractivity contribution in [2.75, 3.05) is 31.1 Å². The third kappa shape index (κ3) is 3.92. The van der Waals surface area contributed by atoms with Crippen LogP contribution in [0, 0.1) is 0 Å². The van der Waals surface area contributed by atoms with Gasteiger partial charge in [-0.15, -0.1) is 0 Å². The minimum absolute atomic E-state index is 0.232. The first-order valence-electron chi connectivity index (χ1n) is 6.93. The average Bonchev–Trinajstić information content (AvgIpc) is 2.37. The lowest BCUT2D eigenvalue weighted by molar-refractivity contribution is 0.0240. The first kappa shape index (κ1) is 14.8. The van der Waals surface area contributed by atoms with Crippen LogP contribution in [0.1, 0.15) is 20.8 Å². The van der Waals surface area contributed by atoms with Gasteiger partial charge in [0, 0.05) is 31.9 Å². The number of ether oxygens (including phenoxy) is 1. The van der Waals surface area contributed by atoms with Gasteiger partial charge in [0.15, 0.2) is 0 Å². The molecule has 5 heteroatoms. The van der Waals surface area contributed by atoms with Gasteiger partial charge in [-0.05, 0) is 32.9 Å². The fourth-order valence-corrected chi connectivity index (χ4v) is 2.20. The van der Waals surface area contributed by atoms with E-state index in [1.807, 2.05) is 45.0 Å². The van der Waals surface area contributed by atoms with Gasteiger partial charge in [0.2, 0.25) is 0 Å². The van der Waals surface area contributed by atoms with Crippen molar-refractivity contribution in [1.29, 1.82) is 0 Å². The Hall–Kier alpha value is -1.65. The Kier molecular flexibility index (Phi) is 4.26. The molecule has 0 aromatic heterocycles. The lowest BCUT2D eigenvalue weighted by atomic mass is 9.96. The highest BCUT2D eigenvalue weighted by atomic mass is 16.6. The fraction of sp³-hybridized carbons (Fsp3) is 0.533. The van der Waals surface area contributed by atoms with Crippen molar-refractivity contribution < 1.29 is 9.53 Å². The van der Waals surface area contributed by atoms with E-state index in [2.05, 4.69) is 4.90 Å². The second kappa shape index (κ2) is 5.77. The van der Waals surface area contributed by atoms with Crippen molar-refractivity contribution in [3.8, 4) is 0 Å². The van der Waals surface area contributed by atoms with Gasteiger partial charge in [-0.2, -0.15) is 0 Å². The number of carbonyl (C=O) groups is 1. The molecule has 1 amide bonds. The maximum absolute atomic E-state index is 12.0. The van der Waals surface area contributed by atoms with Gasteiger partial charge in [-0.3, -0.25) is 0 Å². The number of amides is 1. The van der Waals surface area contributed by atoms with Gasteiger partial charge >= 0.3 is 6.09 Å². The lowest BCUT2D eigenvalue weighted by Crippen LogP contribution is -2.50. The summed E-state index contributed by atoms with van der Waals surface area (Å²) in [6, 6.07) is 7.83. The molecule has 1 fully saturated rings. The fourth-order valence-electron chi connectivity index (χ4n) is 2.20. The predicted octanol–water partition coefficient (Wildman–Crippen LogP) is 1.54. The smallest absolute Gasteiger partial charge is 0.410 e. The number of anilines is 1. The third-order valence-corrected chi connectivity index (χ3v) is 3.17. The molecule has 2 radical (unpaired) electrons. The van der Waals surface area contributed by atoms with Gasteiger partial charge in [0.05, 0.1) is 0 Å². The number of piperazine rings is 1.